The Balaban J connectivity index is 2.51. The number of hydrogen-bond donors (Lipinski definition) is 0. The molecular formula is C14H8ClF6N3S. The number of nitriles is 1. The van der Waals surface area contributed by atoms with Gasteiger partial charge in [0.2, 0.25) is 0 Å². The Morgan fingerprint density at radius 2 is 1.88 bits per heavy atom. The summed E-state index contributed by atoms with van der Waals surface area (Å²) in [5.74, 6) is -1.24. The van der Waals surface area contributed by atoms with Gasteiger partial charge in [0, 0.05) is 17.5 Å². The van der Waals surface area contributed by atoms with Crippen LogP contribution in [0.15, 0.2) is 23.1 Å². The van der Waals surface area contributed by atoms with Crippen molar-refractivity contribution >= 4 is 23.4 Å². The summed E-state index contributed by atoms with van der Waals surface area (Å²) in [5, 5.41) is 11.7. The van der Waals surface area contributed by atoms with Gasteiger partial charge in [0.1, 0.15) is 6.07 Å². The minimum atomic E-state index is -4.77. The number of aromatic nitrogens is 2. The van der Waals surface area contributed by atoms with Gasteiger partial charge in [-0.15, -0.1) is 11.8 Å². The van der Waals surface area contributed by atoms with Crippen LogP contribution in [-0.2, 0) is 13.2 Å². The van der Waals surface area contributed by atoms with Crippen LogP contribution in [0.25, 0.3) is 11.3 Å². The molecule has 0 bridgehead atoms. The lowest BCUT2D eigenvalue weighted by atomic mass is 10.1. The minimum absolute atomic E-state index is 0.0110. The maximum absolute atomic E-state index is 12.9. The monoisotopic (exact) mass is 399 g/mol. The number of hydrogen-bond acceptors (Lipinski definition) is 3. The quantitative estimate of drug-likeness (QED) is 0.520. The van der Waals surface area contributed by atoms with E-state index in [1.165, 1.54) is 25.2 Å². The van der Waals surface area contributed by atoms with E-state index < -0.39 is 28.8 Å². The Morgan fingerprint density at radius 1 is 1.24 bits per heavy atom. The summed E-state index contributed by atoms with van der Waals surface area (Å²) in [7, 11) is 1.23. The molecule has 0 atom stereocenters. The molecule has 0 radical (unpaired) electrons. The van der Waals surface area contributed by atoms with Crippen molar-refractivity contribution in [2.75, 3.05) is 5.75 Å². The van der Waals surface area contributed by atoms with Gasteiger partial charge >= 0.3 is 12.4 Å². The molecule has 0 saturated heterocycles. The number of benzene rings is 1. The van der Waals surface area contributed by atoms with Gasteiger partial charge in [-0.25, -0.2) is 0 Å². The van der Waals surface area contributed by atoms with Crippen LogP contribution >= 0.6 is 23.4 Å². The summed E-state index contributed by atoms with van der Waals surface area (Å²) in [5.41, 5.74) is -1.29. The van der Waals surface area contributed by atoms with Gasteiger partial charge in [0.25, 0.3) is 0 Å². The first kappa shape index (κ1) is 19.5. The number of alkyl halides is 6. The second kappa shape index (κ2) is 6.80. The fourth-order valence-corrected chi connectivity index (χ4v) is 3.21. The summed E-state index contributed by atoms with van der Waals surface area (Å²) in [6.07, 6.45) is -9.23. The summed E-state index contributed by atoms with van der Waals surface area (Å²) in [6, 6.07) is 5.47. The molecule has 2 rings (SSSR count). The molecule has 3 nitrogen and oxygen atoms in total. The molecule has 134 valence electrons. The van der Waals surface area contributed by atoms with Crippen LogP contribution < -0.4 is 0 Å². The van der Waals surface area contributed by atoms with Gasteiger partial charge < -0.3 is 0 Å². The molecule has 11 heteroatoms. The van der Waals surface area contributed by atoms with Crippen molar-refractivity contribution in [1.29, 1.82) is 5.26 Å². The SMILES string of the molecule is Cn1nc(C(F)(F)F)c(Cl)c1-c1ccc(C#N)c(SCC(F)(F)F)c1. The fraction of sp³-hybridized carbons (Fsp3) is 0.286. The van der Waals surface area contributed by atoms with Crippen LogP contribution in [0.3, 0.4) is 0 Å². The van der Waals surface area contributed by atoms with E-state index in [1.54, 1.807) is 6.07 Å². The Bertz CT molecular complexity index is 835. The van der Waals surface area contributed by atoms with Gasteiger partial charge in [-0.1, -0.05) is 17.7 Å². The average Bonchev–Trinajstić information content (AvgIpc) is 2.79. The van der Waals surface area contributed by atoms with E-state index in [2.05, 4.69) is 5.10 Å². The van der Waals surface area contributed by atoms with Crippen molar-refractivity contribution in [1.82, 2.24) is 9.78 Å². The van der Waals surface area contributed by atoms with Crippen LogP contribution in [0, 0.1) is 11.3 Å². The molecule has 0 unspecified atom stereocenters. The Morgan fingerprint density at radius 3 is 2.36 bits per heavy atom. The Hall–Kier alpha value is -1.86. The van der Waals surface area contributed by atoms with Gasteiger partial charge in [0.05, 0.1) is 22.0 Å². The van der Waals surface area contributed by atoms with Gasteiger partial charge in [-0.05, 0) is 12.1 Å². The molecule has 2 aromatic rings. The third kappa shape index (κ3) is 4.41. The Kier molecular flexibility index (Phi) is 5.30. The van der Waals surface area contributed by atoms with Crippen LogP contribution in [0.2, 0.25) is 5.02 Å². The lowest BCUT2D eigenvalue weighted by Gasteiger charge is -2.10. The third-order valence-electron chi connectivity index (χ3n) is 3.02. The molecule has 1 heterocycles. The lowest BCUT2D eigenvalue weighted by Crippen LogP contribution is -2.10. The largest absolute Gasteiger partial charge is 0.436 e. The van der Waals surface area contributed by atoms with Crippen molar-refractivity contribution in [3.8, 4) is 17.3 Å². The van der Waals surface area contributed by atoms with E-state index in [0.29, 0.717) is 11.8 Å². The number of thioether (sulfide) groups is 1. The van der Waals surface area contributed by atoms with Crippen molar-refractivity contribution < 1.29 is 26.3 Å². The second-order valence-electron chi connectivity index (χ2n) is 4.86. The summed E-state index contributed by atoms with van der Waals surface area (Å²) in [6.45, 7) is 0. The zero-order valence-corrected chi connectivity index (χ0v) is 13.9. The van der Waals surface area contributed by atoms with Crippen molar-refractivity contribution in [3.63, 3.8) is 0 Å². The highest BCUT2D eigenvalue weighted by molar-refractivity contribution is 7.99. The highest BCUT2D eigenvalue weighted by atomic mass is 35.5. The number of aryl methyl sites for hydroxylation is 1. The molecular weight excluding hydrogens is 392 g/mol. The topological polar surface area (TPSA) is 41.6 Å². The first-order chi connectivity index (χ1) is 11.4. The smallest absolute Gasteiger partial charge is 0.266 e. The van der Waals surface area contributed by atoms with E-state index in [4.69, 9.17) is 16.9 Å². The van der Waals surface area contributed by atoms with Crippen LogP contribution in [-0.4, -0.2) is 21.7 Å². The normalized spacial score (nSPS) is 12.3. The fourth-order valence-electron chi connectivity index (χ4n) is 2.03. The predicted octanol–water partition coefficient (Wildman–Crippen LogP) is 5.29. The van der Waals surface area contributed by atoms with E-state index in [1.807, 2.05) is 0 Å². The number of nitrogens with zero attached hydrogens (tertiary/aromatic N) is 3. The Labute approximate surface area is 147 Å². The number of halogens is 7. The first-order valence-corrected chi connectivity index (χ1v) is 7.84. The minimum Gasteiger partial charge on any atom is -0.266 e. The van der Waals surface area contributed by atoms with Gasteiger partial charge in [0.15, 0.2) is 5.69 Å². The van der Waals surface area contributed by atoms with Crippen LogP contribution in [0.1, 0.15) is 11.3 Å². The maximum Gasteiger partial charge on any atom is 0.436 e. The molecule has 0 spiro atoms. The van der Waals surface area contributed by atoms with Crippen molar-refractivity contribution in [3.05, 3.63) is 34.5 Å². The molecule has 0 saturated carbocycles. The molecule has 0 amide bonds. The van der Waals surface area contributed by atoms with Crippen LogP contribution in [0.4, 0.5) is 26.3 Å². The molecule has 1 aromatic carbocycles. The molecule has 0 N–H and O–H groups in total. The average molecular weight is 400 g/mol. The van der Waals surface area contributed by atoms with Crippen LogP contribution in [0.5, 0.6) is 0 Å². The highest BCUT2D eigenvalue weighted by Gasteiger charge is 2.38. The summed E-state index contributed by atoms with van der Waals surface area (Å²) < 4.78 is 76.7. The van der Waals surface area contributed by atoms with E-state index >= 15 is 0 Å². The van der Waals surface area contributed by atoms with E-state index in [9.17, 15) is 26.3 Å². The molecule has 0 aliphatic carbocycles. The molecule has 0 fully saturated rings. The molecule has 0 aliphatic rings. The molecule has 25 heavy (non-hydrogen) atoms. The van der Waals surface area contributed by atoms with Gasteiger partial charge in [-0.3, -0.25) is 4.68 Å². The van der Waals surface area contributed by atoms with Crippen molar-refractivity contribution in [2.45, 2.75) is 17.2 Å². The third-order valence-corrected chi connectivity index (χ3v) is 4.50. The highest BCUT2D eigenvalue weighted by Crippen LogP contribution is 2.40. The number of rotatable bonds is 3. The molecule has 1 aromatic heterocycles. The summed E-state index contributed by atoms with van der Waals surface area (Å²) >= 11 is 6.14. The maximum atomic E-state index is 12.9. The lowest BCUT2D eigenvalue weighted by molar-refractivity contribution is -0.141. The zero-order chi connectivity index (χ0) is 19.0. The molecule has 0 aliphatic heterocycles. The summed E-state index contributed by atoms with van der Waals surface area (Å²) in [4.78, 5) is -0.0110. The standard InChI is InChI=1S/C14H8ClF6N3S/c1-24-11(10(15)12(23-24)14(19,20)21)7-2-3-8(5-22)9(4-7)25-6-13(16,17)18/h2-4H,6H2,1H3. The van der Waals surface area contributed by atoms with Gasteiger partial charge in [-0.2, -0.15) is 36.7 Å². The first-order valence-electron chi connectivity index (χ1n) is 6.48. The van der Waals surface area contributed by atoms with Crippen molar-refractivity contribution in [2.24, 2.45) is 7.05 Å². The second-order valence-corrected chi connectivity index (χ2v) is 6.25. The predicted molar refractivity (Wildman–Crippen MR) is 80.2 cm³/mol. The zero-order valence-electron chi connectivity index (χ0n) is 12.3. The van der Waals surface area contributed by atoms with E-state index in [-0.39, 0.29) is 21.7 Å². The van der Waals surface area contributed by atoms with E-state index in [0.717, 1.165) is 4.68 Å².